The molecule has 0 saturated carbocycles. The second-order valence-corrected chi connectivity index (χ2v) is 7.99. The number of nitrogens with one attached hydrogen (secondary N) is 1. The first-order valence-electron chi connectivity index (χ1n) is 11.0. The summed E-state index contributed by atoms with van der Waals surface area (Å²) in [5.41, 5.74) is 5.56. The van der Waals surface area contributed by atoms with Gasteiger partial charge in [-0.25, -0.2) is 15.0 Å². The molecule has 180 valence electrons. The van der Waals surface area contributed by atoms with Crippen LogP contribution in [0.2, 0.25) is 0 Å². The summed E-state index contributed by atoms with van der Waals surface area (Å²) >= 11 is 0. The van der Waals surface area contributed by atoms with Gasteiger partial charge in [-0.1, -0.05) is 42.5 Å². The van der Waals surface area contributed by atoms with E-state index in [1.807, 2.05) is 54.6 Å². The van der Waals surface area contributed by atoms with Gasteiger partial charge < -0.3 is 24.8 Å². The van der Waals surface area contributed by atoms with Crippen molar-refractivity contribution in [1.29, 1.82) is 0 Å². The number of imidazole rings is 1. The van der Waals surface area contributed by atoms with Gasteiger partial charge in [0.25, 0.3) is 0 Å². The lowest BCUT2D eigenvalue weighted by Crippen LogP contribution is -2.33. The van der Waals surface area contributed by atoms with Gasteiger partial charge in [-0.2, -0.15) is 5.10 Å². The molecule has 1 fully saturated rings. The summed E-state index contributed by atoms with van der Waals surface area (Å²) < 4.78 is 12.9. The van der Waals surface area contributed by atoms with Crippen LogP contribution >= 0.6 is 0 Å². The minimum Gasteiger partial charge on any atom is -0.489 e. The van der Waals surface area contributed by atoms with Gasteiger partial charge in [0.15, 0.2) is 23.2 Å². The summed E-state index contributed by atoms with van der Waals surface area (Å²) in [6.45, 7) is 0.0487. The predicted molar refractivity (Wildman–Crippen MR) is 127 cm³/mol. The van der Waals surface area contributed by atoms with Crippen LogP contribution in [0.25, 0.3) is 11.2 Å². The van der Waals surface area contributed by atoms with E-state index in [0.29, 0.717) is 23.6 Å². The molecule has 1 unspecified atom stereocenters. The number of aliphatic hydroxyl groups is 3. The molecule has 4 atom stereocenters. The summed E-state index contributed by atoms with van der Waals surface area (Å²) in [6, 6.07) is 17.5. The van der Waals surface area contributed by atoms with Crippen molar-refractivity contribution in [3.05, 3.63) is 78.4 Å². The molecule has 11 nitrogen and oxygen atoms in total. The fourth-order valence-corrected chi connectivity index (χ4v) is 3.82. The van der Waals surface area contributed by atoms with Crippen molar-refractivity contribution < 1.29 is 24.8 Å². The molecule has 0 amide bonds. The summed E-state index contributed by atoms with van der Waals surface area (Å²) in [4.78, 5) is 12.7. The quantitative estimate of drug-likeness (QED) is 0.219. The van der Waals surface area contributed by atoms with Crippen LogP contribution < -0.4 is 10.2 Å². The average molecular weight is 476 g/mol. The lowest BCUT2D eigenvalue weighted by Gasteiger charge is -2.16. The molecular formula is C24H24N6O5. The van der Waals surface area contributed by atoms with Gasteiger partial charge in [-0.05, 0) is 23.3 Å². The number of aromatic nitrogens is 4. The summed E-state index contributed by atoms with van der Waals surface area (Å²) in [7, 11) is 0. The van der Waals surface area contributed by atoms with E-state index in [1.54, 1.807) is 6.21 Å². The maximum Gasteiger partial charge on any atom is 0.177 e. The van der Waals surface area contributed by atoms with E-state index in [9.17, 15) is 15.3 Å². The summed E-state index contributed by atoms with van der Waals surface area (Å²) in [5, 5.41) is 34.0. The third kappa shape index (κ3) is 4.84. The molecule has 1 aliphatic rings. The molecule has 3 heterocycles. The Labute approximate surface area is 200 Å². The first-order chi connectivity index (χ1) is 17.1. The van der Waals surface area contributed by atoms with Crippen molar-refractivity contribution >= 4 is 23.2 Å². The van der Waals surface area contributed by atoms with Gasteiger partial charge in [0.1, 0.15) is 37.0 Å². The van der Waals surface area contributed by atoms with E-state index >= 15 is 0 Å². The van der Waals surface area contributed by atoms with Crippen LogP contribution in [0.15, 0.2) is 72.4 Å². The number of fused-ring (bicyclic) bond motifs is 1. The minimum atomic E-state index is -1.25. The van der Waals surface area contributed by atoms with Crippen molar-refractivity contribution in [2.75, 3.05) is 12.0 Å². The Morgan fingerprint density at radius 2 is 1.91 bits per heavy atom. The molecule has 0 aliphatic carbocycles. The SMILES string of the molecule is OC[C@H]1O[C@@H](n2cnc3c(N/N=C/c4cccc(OCc5ccccc5)c4)ncnc32)C(O)[C@H]1O. The topological polar surface area (TPSA) is 147 Å². The molecule has 0 bridgehead atoms. The summed E-state index contributed by atoms with van der Waals surface area (Å²) in [5.74, 6) is 1.08. The highest BCUT2D eigenvalue weighted by atomic mass is 16.6. The molecule has 4 N–H and O–H groups in total. The third-order valence-electron chi connectivity index (χ3n) is 5.64. The third-order valence-corrected chi connectivity index (χ3v) is 5.64. The number of hydrazone groups is 1. The zero-order valence-electron chi connectivity index (χ0n) is 18.5. The van der Waals surface area contributed by atoms with E-state index in [2.05, 4.69) is 25.5 Å². The lowest BCUT2D eigenvalue weighted by molar-refractivity contribution is -0.0511. The monoisotopic (exact) mass is 476 g/mol. The van der Waals surface area contributed by atoms with Crippen LogP contribution in [-0.2, 0) is 11.3 Å². The molecule has 0 spiro atoms. The van der Waals surface area contributed by atoms with Crippen molar-refractivity contribution in [2.24, 2.45) is 5.10 Å². The van der Waals surface area contributed by atoms with E-state index in [-0.39, 0.29) is 0 Å². The fourth-order valence-electron chi connectivity index (χ4n) is 3.82. The Kier molecular flexibility index (Phi) is 6.64. The molecule has 0 radical (unpaired) electrons. The van der Waals surface area contributed by atoms with Crippen LogP contribution in [0.1, 0.15) is 17.4 Å². The maximum absolute atomic E-state index is 10.3. The Bertz CT molecular complexity index is 1310. The number of anilines is 1. The number of aliphatic hydroxyl groups excluding tert-OH is 3. The lowest BCUT2D eigenvalue weighted by atomic mass is 10.1. The fraction of sp³-hybridized carbons (Fsp3) is 0.250. The smallest absolute Gasteiger partial charge is 0.177 e. The highest BCUT2D eigenvalue weighted by molar-refractivity contribution is 5.85. The Balaban J connectivity index is 1.28. The Hall–Kier alpha value is -3.90. The highest BCUT2D eigenvalue weighted by Crippen LogP contribution is 2.32. The van der Waals surface area contributed by atoms with Crippen LogP contribution in [0.5, 0.6) is 5.75 Å². The Morgan fingerprint density at radius 3 is 2.71 bits per heavy atom. The molecule has 35 heavy (non-hydrogen) atoms. The summed E-state index contributed by atoms with van der Waals surface area (Å²) in [6.07, 6.45) is 0.0804. The van der Waals surface area contributed by atoms with Gasteiger partial charge in [-0.15, -0.1) is 0 Å². The molecule has 2 aromatic carbocycles. The second-order valence-electron chi connectivity index (χ2n) is 7.99. The van der Waals surface area contributed by atoms with Crippen molar-refractivity contribution in [2.45, 2.75) is 31.1 Å². The predicted octanol–water partition coefficient (Wildman–Crippen LogP) is 1.46. The number of hydrogen-bond acceptors (Lipinski definition) is 10. The Morgan fingerprint density at radius 1 is 1.06 bits per heavy atom. The van der Waals surface area contributed by atoms with Gasteiger partial charge in [0.05, 0.1) is 19.1 Å². The van der Waals surface area contributed by atoms with Gasteiger partial charge in [0.2, 0.25) is 0 Å². The van der Waals surface area contributed by atoms with Crippen molar-refractivity contribution in [1.82, 2.24) is 19.5 Å². The van der Waals surface area contributed by atoms with Crippen LogP contribution in [-0.4, -0.2) is 66.0 Å². The normalized spacial score (nSPS) is 22.1. The minimum absolute atomic E-state index is 0.355. The van der Waals surface area contributed by atoms with Gasteiger partial charge >= 0.3 is 0 Å². The molecule has 5 rings (SSSR count). The zero-order chi connectivity index (χ0) is 24.2. The average Bonchev–Trinajstić information content (AvgIpc) is 3.45. The molecule has 2 aromatic heterocycles. The maximum atomic E-state index is 10.3. The van der Waals surface area contributed by atoms with Crippen LogP contribution in [0.4, 0.5) is 5.82 Å². The van der Waals surface area contributed by atoms with Crippen LogP contribution in [0, 0.1) is 0 Å². The van der Waals surface area contributed by atoms with Crippen molar-refractivity contribution in [3.63, 3.8) is 0 Å². The second kappa shape index (κ2) is 10.2. The van der Waals surface area contributed by atoms with E-state index in [4.69, 9.17) is 9.47 Å². The molecule has 1 saturated heterocycles. The largest absolute Gasteiger partial charge is 0.489 e. The van der Waals surface area contributed by atoms with Crippen LogP contribution in [0.3, 0.4) is 0 Å². The highest BCUT2D eigenvalue weighted by Gasteiger charge is 2.44. The molecule has 1 aliphatic heterocycles. The number of benzene rings is 2. The van der Waals surface area contributed by atoms with Gasteiger partial charge in [0, 0.05) is 0 Å². The van der Waals surface area contributed by atoms with Crippen molar-refractivity contribution in [3.8, 4) is 5.75 Å². The first-order valence-corrected chi connectivity index (χ1v) is 11.0. The van der Waals surface area contributed by atoms with E-state index in [0.717, 1.165) is 16.9 Å². The number of rotatable bonds is 8. The number of ether oxygens (including phenoxy) is 2. The van der Waals surface area contributed by atoms with Gasteiger partial charge in [-0.3, -0.25) is 9.99 Å². The van der Waals surface area contributed by atoms with E-state index < -0.39 is 31.1 Å². The number of hydrogen-bond donors (Lipinski definition) is 4. The standard InChI is InChI=1S/C24H24N6O5/c31-11-18-20(32)21(33)24(35-18)30-14-27-19-22(25-13-26-23(19)30)29-28-10-16-7-4-8-17(9-16)34-12-15-5-2-1-3-6-15/h1-10,13-14,18,20-21,24,31-33H,11-12H2,(H,25,26,29)/b28-10+/t18-,20+,21?,24-/m1/s1. The zero-order valence-corrected chi connectivity index (χ0v) is 18.5. The molecular weight excluding hydrogens is 452 g/mol. The number of nitrogens with zero attached hydrogens (tertiary/aromatic N) is 5. The van der Waals surface area contributed by atoms with E-state index in [1.165, 1.54) is 17.2 Å². The first kappa shape index (κ1) is 22.9. The molecule has 4 aromatic rings. The molecule has 11 heteroatoms.